The van der Waals surface area contributed by atoms with Gasteiger partial charge in [-0.25, -0.2) is 4.39 Å². The molecule has 136 valence electrons. The van der Waals surface area contributed by atoms with Gasteiger partial charge in [0, 0.05) is 49.1 Å². The standard InChI is InChI=1S/C20H22FN3OS/c21-16-5-7-17(8-6-16)23-11-9-22(10-12-23)15-20(25)24-13-14-26-19-4-2-1-3-18(19)24/h1-8H,9-15H2. The van der Waals surface area contributed by atoms with Crippen molar-refractivity contribution in [1.29, 1.82) is 0 Å². The first kappa shape index (κ1) is 17.4. The van der Waals surface area contributed by atoms with Gasteiger partial charge in [0.2, 0.25) is 5.91 Å². The fourth-order valence-electron chi connectivity index (χ4n) is 3.52. The fourth-order valence-corrected chi connectivity index (χ4v) is 4.52. The van der Waals surface area contributed by atoms with Crippen molar-refractivity contribution >= 4 is 29.0 Å². The summed E-state index contributed by atoms with van der Waals surface area (Å²) >= 11 is 1.81. The summed E-state index contributed by atoms with van der Waals surface area (Å²) in [5, 5.41) is 0. The molecule has 26 heavy (non-hydrogen) atoms. The number of carbonyl (C=O) groups is 1. The molecule has 0 unspecified atom stereocenters. The van der Waals surface area contributed by atoms with Gasteiger partial charge in [-0.3, -0.25) is 9.69 Å². The number of fused-ring (bicyclic) bond motifs is 1. The van der Waals surface area contributed by atoms with Crippen LogP contribution >= 0.6 is 11.8 Å². The van der Waals surface area contributed by atoms with Crippen LogP contribution in [0.3, 0.4) is 0 Å². The van der Waals surface area contributed by atoms with E-state index in [0.717, 1.165) is 49.9 Å². The highest BCUT2D eigenvalue weighted by molar-refractivity contribution is 7.99. The molecule has 2 aromatic carbocycles. The van der Waals surface area contributed by atoms with Crippen LogP contribution in [-0.2, 0) is 4.79 Å². The zero-order valence-corrected chi connectivity index (χ0v) is 15.4. The van der Waals surface area contributed by atoms with Crippen LogP contribution in [0.5, 0.6) is 0 Å². The van der Waals surface area contributed by atoms with Crippen LogP contribution in [0.2, 0.25) is 0 Å². The van der Waals surface area contributed by atoms with Gasteiger partial charge in [0.25, 0.3) is 0 Å². The van der Waals surface area contributed by atoms with Crippen molar-refractivity contribution < 1.29 is 9.18 Å². The lowest BCUT2D eigenvalue weighted by Crippen LogP contribution is -2.50. The molecule has 2 aromatic rings. The summed E-state index contributed by atoms with van der Waals surface area (Å²) < 4.78 is 13.1. The Morgan fingerprint density at radius 1 is 0.962 bits per heavy atom. The van der Waals surface area contributed by atoms with Crippen molar-refractivity contribution in [3.05, 3.63) is 54.3 Å². The minimum absolute atomic E-state index is 0.174. The Bertz CT molecular complexity index is 775. The maximum atomic E-state index is 13.1. The largest absolute Gasteiger partial charge is 0.369 e. The molecule has 0 spiro atoms. The van der Waals surface area contributed by atoms with Crippen molar-refractivity contribution in [1.82, 2.24) is 4.90 Å². The molecule has 0 bridgehead atoms. The van der Waals surface area contributed by atoms with E-state index in [1.807, 2.05) is 47.0 Å². The van der Waals surface area contributed by atoms with Crippen molar-refractivity contribution in [3.63, 3.8) is 0 Å². The van der Waals surface area contributed by atoms with Crippen LogP contribution in [-0.4, -0.2) is 55.8 Å². The quantitative estimate of drug-likeness (QED) is 0.829. The fraction of sp³-hybridized carbons (Fsp3) is 0.350. The molecular formula is C20H22FN3OS. The van der Waals surface area contributed by atoms with Gasteiger partial charge in [-0.2, -0.15) is 0 Å². The molecule has 0 radical (unpaired) electrons. The lowest BCUT2D eigenvalue weighted by atomic mass is 10.2. The maximum Gasteiger partial charge on any atom is 0.241 e. The van der Waals surface area contributed by atoms with Crippen molar-refractivity contribution in [2.24, 2.45) is 0 Å². The molecule has 4 rings (SSSR count). The molecule has 2 aliphatic rings. The van der Waals surface area contributed by atoms with E-state index in [1.165, 1.54) is 17.0 Å². The summed E-state index contributed by atoms with van der Waals surface area (Å²) in [5.41, 5.74) is 2.08. The minimum atomic E-state index is -0.210. The Hall–Kier alpha value is -2.05. The molecule has 6 heteroatoms. The van der Waals surface area contributed by atoms with Gasteiger partial charge < -0.3 is 9.80 Å². The molecule has 4 nitrogen and oxygen atoms in total. The van der Waals surface area contributed by atoms with Crippen LogP contribution in [0.25, 0.3) is 0 Å². The molecule has 0 aromatic heterocycles. The lowest BCUT2D eigenvalue weighted by molar-refractivity contribution is -0.119. The lowest BCUT2D eigenvalue weighted by Gasteiger charge is -2.37. The van der Waals surface area contributed by atoms with Crippen LogP contribution in [0, 0.1) is 5.82 Å². The van der Waals surface area contributed by atoms with E-state index in [1.54, 1.807) is 0 Å². The number of benzene rings is 2. The number of carbonyl (C=O) groups excluding carboxylic acids is 1. The number of halogens is 1. The van der Waals surface area contributed by atoms with E-state index in [2.05, 4.69) is 15.9 Å². The number of para-hydroxylation sites is 1. The molecule has 1 fully saturated rings. The SMILES string of the molecule is O=C(CN1CCN(c2ccc(F)cc2)CC1)N1CCSc2ccccc21. The summed E-state index contributed by atoms with van der Waals surface area (Å²) in [6.45, 7) is 4.61. The molecule has 0 atom stereocenters. The molecule has 1 saturated heterocycles. The van der Waals surface area contributed by atoms with Crippen LogP contribution in [0.4, 0.5) is 15.8 Å². The number of amides is 1. The number of hydrogen-bond acceptors (Lipinski definition) is 4. The predicted molar refractivity (Wildman–Crippen MR) is 105 cm³/mol. The molecular weight excluding hydrogens is 349 g/mol. The van der Waals surface area contributed by atoms with Crippen molar-refractivity contribution in [2.75, 3.05) is 54.8 Å². The minimum Gasteiger partial charge on any atom is -0.369 e. The van der Waals surface area contributed by atoms with Crippen LogP contribution in [0.15, 0.2) is 53.4 Å². The third-order valence-corrected chi connectivity index (χ3v) is 6.00. The van der Waals surface area contributed by atoms with E-state index in [0.29, 0.717) is 6.54 Å². The van der Waals surface area contributed by atoms with E-state index in [-0.39, 0.29) is 11.7 Å². The van der Waals surface area contributed by atoms with Crippen molar-refractivity contribution in [3.8, 4) is 0 Å². The Kier molecular flexibility index (Phi) is 5.13. The molecule has 0 aliphatic carbocycles. The third kappa shape index (κ3) is 3.71. The Morgan fingerprint density at radius 2 is 1.69 bits per heavy atom. The highest BCUT2D eigenvalue weighted by Crippen LogP contribution is 2.34. The monoisotopic (exact) mass is 371 g/mol. The second kappa shape index (κ2) is 7.68. The summed E-state index contributed by atoms with van der Waals surface area (Å²) in [7, 11) is 0. The van der Waals surface area contributed by atoms with Gasteiger partial charge in [0.05, 0.1) is 12.2 Å². The number of piperazine rings is 1. The van der Waals surface area contributed by atoms with E-state index < -0.39 is 0 Å². The number of hydrogen-bond donors (Lipinski definition) is 0. The zero-order valence-electron chi connectivity index (χ0n) is 14.6. The average molecular weight is 371 g/mol. The molecule has 0 saturated carbocycles. The first-order valence-corrected chi connectivity index (χ1v) is 9.94. The second-order valence-electron chi connectivity index (χ2n) is 6.60. The van der Waals surface area contributed by atoms with Gasteiger partial charge in [-0.1, -0.05) is 12.1 Å². The van der Waals surface area contributed by atoms with Crippen molar-refractivity contribution in [2.45, 2.75) is 4.90 Å². The van der Waals surface area contributed by atoms with E-state index in [4.69, 9.17) is 0 Å². The number of nitrogens with zero attached hydrogens (tertiary/aromatic N) is 3. The average Bonchev–Trinajstić information content (AvgIpc) is 2.69. The topological polar surface area (TPSA) is 26.8 Å². The van der Waals surface area contributed by atoms with Crippen LogP contribution < -0.4 is 9.80 Å². The van der Waals surface area contributed by atoms with Gasteiger partial charge in [0.1, 0.15) is 5.82 Å². The molecule has 2 aliphatic heterocycles. The first-order valence-electron chi connectivity index (χ1n) is 8.96. The summed E-state index contributed by atoms with van der Waals surface area (Å²) in [6, 6.07) is 14.8. The highest BCUT2D eigenvalue weighted by atomic mass is 32.2. The summed E-state index contributed by atoms with van der Waals surface area (Å²) in [5.74, 6) is 0.909. The van der Waals surface area contributed by atoms with Gasteiger partial charge >= 0.3 is 0 Å². The number of anilines is 2. The van der Waals surface area contributed by atoms with Gasteiger partial charge in [-0.05, 0) is 36.4 Å². The smallest absolute Gasteiger partial charge is 0.241 e. The van der Waals surface area contributed by atoms with E-state index in [9.17, 15) is 9.18 Å². The second-order valence-corrected chi connectivity index (χ2v) is 7.74. The first-order chi connectivity index (χ1) is 12.7. The number of rotatable bonds is 3. The third-order valence-electron chi connectivity index (χ3n) is 4.95. The normalized spacial score (nSPS) is 17.9. The summed E-state index contributed by atoms with van der Waals surface area (Å²) in [4.78, 5) is 20.4. The maximum absolute atomic E-state index is 13.1. The Morgan fingerprint density at radius 3 is 2.46 bits per heavy atom. The highest BCUT2D eigenvalue weighted by Gasteiger charge is 2.26. The van der Waals surface area contributed by atoms with Gasteiger partial charge in [-0.15, -0.1) is 11.8 Å². The van der Waals surface area contributed by atoms with E-state index >= 15 is 0 Å². The molecule has 1 amide bonds. The number of thioether (sulfide) groups is 1. The zero-order chi connectivity index (χ0) is 17.9. The van der Waals surface area contributed by atoms with Gasteiger partial charge in [0.15, 0.2) is 0 Å². The Balaban J connectivity index is 1.35. The Labute approximate surface area is 157 Å². The molecule has 2 heterocycles. The summed E-state index contributed by atoms with van der Waals surface area (Å²) in [6.07, 6.45) is 0. The van der Waals surface area contributed by atoms with Crippen LogP contribution in [0.1, 0.15) is 0 Å². The predicted octanol–water partition coefficient (Wildman–Crippen LogP) is 3.09. The molecule has 0 N–H and O–H groups in total.